The molecular formula is C25H25FIN7O3. The molecule has 4 heterocycles. The number of nitrogens with zero attached hydrogens (tertiary/aromatic N) is 2. The van der Waals surface area contributed by atoms with Crippen LogP contribution in [0.2, 0.25) is 0 Å². The monoisotopic (exact) mass is 617 g/mol. The number of anilines is 2. The Labute approximate surface area is 218 Å². The van der Waals surface area contributed by atoms with Crippen molar-refractivity contribution in [3.63, 3.8) is 0 Å². The van der Waals surface area contributed by atoms with Gasteiger partial charge in [-0.05, 0) is 0 Å². The van der Waals surface area contributed by atoms with Gasteiger partial charge in [0.25, 0.3) is 0 Å². The van der Waals surface area contributed by atoms with E-state index in [1.54, 1.807) is 38.5 Å². The van der Waals surface area contributed by atoms with Crippen molar-refractivity contribution < 1.29 is 13.9 Å². The summed E-state index contributed by atoms with van der Waals surface area (Å²) in [6, 6.07) is 11.7. The third kappa shape index (κ3) is 3.78. The quantitative estimate of drug-likeness (QED) is 0.156. The minimum atomic E-state index is -2.01. The van der Waals surface area contributed by atoms with Crippen molar-refractivity contribution >= 4 is 37.0 Å². The molecule has 6 N–H and O–H groups in total. The predicted octanol–water partition coefficient (Wildman–Crippen LogP) is 3.31. The van der Waals surface area contributed by atoms with Gasteiger partial charge in [-0.1, -0.05) is 0 Å². The maximum absolute atomic E-state index is 15.7. The summed E-state index contributed by atoms with van der Waals surface area (Å²) >= 11 is -2.01. The topological polar surface area (TPSA) is 143 Å². The molecule has 2 aromatic carbocycles. The molecule has 0 aliphatic carbocycles. The molecule has 1 saturated heterocycles. The number of hydrogen-bond acceptors (Lipinski definition) is 7. The van der Waals surface area contributed by atoms with Crippen LogP contribution in [-0.2, 0) is 16.0 Å². The number of nitrogen functional groups attached to an aromatic ring is 1. The van der Waals surface area contributed by atoms with Gasteiger partial charge in [0.05, 0.1) is 0 Å². The Morgan fingerprint density at radius 3 is 2.89 bits per heavy atom. The van der Waals surface area contributed by atoms with Crippen molar-refractivity contribution in [3.05, 3.63) is 91.5 Å². The number of benzene rings is 2. The molecule has 3 atom stereocenters. The molecule has 0 amide bonds. The van der Waals surface area contributed by atoms with E-state index in [1.165, 1.54) is 10.8 Å². The first-order valence-corrected chi connectivity index (χ1v) is 15.0. The molecule has 192 valence electrons. The van der Waals surface area contributed by atoms with Gasteiger partial charge in [-0.25, -0.2) is 0 Å². The first-order valence-electron chi connectivity index (χ1n) is 11.5. The standard InChI is InChI=1S/C25H25FIN7O3/c1-36-23-25(37-2)10-17(26)16(11-27(23)25)20(31-14-7-8-15-13(9-14)12-30-21(15)29)22-32-24(35)34(33-22)19-6-4-3-5-18(19)28/h3-11,20,23,31H,12,28H2,1-2H3,(H2,29,30)(H,32,33,35)/t20-,23?,25?/m1/s1. The number of aromatic nitrogens is 3. The summed E-state index contributed by atoms with van der Waals surface area (Å²) in [6.07, 6.45) is 1.51. The number of H-pyrrole nitrogens is 1. The Balaban J connectivity index is 1.43. The van der Waals surface area contributed by atoms with E-state index in [4.69, 9.17) is 20.6 Å². The van der Waals surface area contributed by atoms with E-state index in [0.717, 1.165) is 11.1 Å². The second kappa shape index (κ2) is 8.82. The van der Waals surface area contributed by atoms with Crippen LogP contribution in [0.3, 0.4) is 0 Å². The molecule has 6 rings (SSSR count). The van der Waals surface area contributed by atoms with E-state index < -0.39 is 41.0 Å². The Morgan fingerprint density at radius 1 is 1.32 bits per heavy atom. The zero-order valence-corrected chi connectivity index (χ0v) is 22.2. The van der Waals surface area contributed by atoms with Gasteiger partial charge >= 0.3 is 219 Å². The summed E-state index contributed by atoms with van der Waals surface area (Å²) in [4.78, 5) is 15.7. The molecule has 0 spiro atoms. The number of hydrogen-bond donors (Lipinski definition) is 5. The van der Waals surface area contributed by atoms with E-state index in [0.29, 0.717) is 35.0 Å². The number of fused-ring (bicyclic) bond motifs is 2. The van der Waals surface area contributed by atoms with Gasteiger partial charge in [0.1, 0.15) is 0 Å². The number of nitrogens with two attached hydrogens (primary N) is 1. The number of aromatic amines is 1. The number of rotatable bonds is 7. The van der Waals surface area contributed by atoms with Crippen molar-refractivity contribution in [1.29, 1.82) is 5.41 Å². The number of amidine groups is 1. The molecule has 3 aliphatic heterocycles. The van der Waals surface area contributed by atoms with Gasteiger partial charge in [0.2, 0.25) is 0 Å². The second-order valence-corrected chi connectivity index (χ2v) is 14.2. The van der Waals surface area contributed by atoms with E-state index >= 15 is 4.39 Å². The Morgan fingerprint density at radius 2 is 2.14 bits per heavy atom. The van der Waals surface area contributed by atoms with Crippen LogP contribution in [-0.4, -0.2) is 42.5 Å². The molecule has 37 heavy (non-hydrogen) atoms. The maximum atomic E-state index is 15.7. The summed E-state index contributed by atoms with van der Waals surface area (Å²) in [5.41, 5.74) is 9.28. The molecule has 0 saturated carbocycles. The molecule has 1 fully saturated rings. The minimum absolute atomic E-state index is 0.164. The van der Waals surface area contributed by atoms with Gasteiger partial charge in [-0.15, -0.1) is 0 Å². The molecular weight excluding hydrogens is 592 g/mol. The number of methoxy groups -OCH3 is 2. The molecule has 3 aromatic rings. The fourth-order valence-electron chi connectivity index (χ4n) is 4.77. The van der Waals surface area contributed by atoms with Crippen LogP contribution in [0.25, 0.3) is 5.69 Å². The third-order valence-corrected chi connectivity index (χ3v) is 13.3. The van der Waals surface area contributed by atoms with Crippen LogP contribution in [0, 0.1) is 5.41 Å². The average Bonchev–Trinajstić information content (AvgIpc) is 3.10. The number of halogens is 2. The van der Waals surface area contributed by atoms with Crippen molar-refractivity contribution in [2.24, 2.45) is 0 Å². The summed E-state index contributed by atoms with van der Waals surface area (Å²) in [6.45, 7) is 0.534. The fraction of sp³-hybridized carbons (Fsp3) is 0.240. The summed E-state index contributed by atoms with van der Waals surface area (Å²) in [5, 5.41) is 18.9. The molecule has 1 aromatic heterocycles. The normalized spacial score (nSPS) is 23.5. The average molecular weight is 617 g/mol. The van der Waals surface area contributed by atoms with E-state index in [-0.39, 0.29) is 9.94 Å². The molecule has 3 aliphatic rings. The van der Waals surface area contributed by atoms with E-state index in [1.807, 2.05) is 22.3 Å². The molecule has 12 heteroatoms. The van der Waals surface area contributed by atoms with Crippen LogP contribution in [0.5, 0.6) is 0 Å². The van der Waals surface area contributed by atoms with E-state index in [9.17, 15) is 4.79 Å². The first-order chi connectivity index (χ1) is 17.9. The molecule has 10 nitrogen and oxygen atoms in total. The fourth-order valence-corrected chi connectivity index (χ4v) is 11.6. The molecule has 0 bridgehead atoms. The van der Waals surface area contributed by atoms with Crippen LogP contribution in [0.15, 0.2) is 68.8 Å². The number of ether oxygens (including phenoxy) is 2. The SMILES string of the molecule is COC1I2C=C([C@@H](Nc3ccc4c(c3)CNC4=N)c3nn(-c4ccccc4N)c(=O)[nH]3)C(F)=CC12OC. The summed E-state index contributed by atoms with van der Waals surface area (Å²) in [7, 11) is 3.18. The first kappa shape index (κ1) is 23.9. The molecule has 0 radical (unpaired) electrons. The Hall–Kier alpha value is -3.49. The van der Waals surface area contributed by atoms with Gasteiger partial charge < -0.3 is 0 Å². The van der Waals surface area contributed by atoms with Crippen LogP contribution in [0.4, 0.5) is 15.8 Å². The van der Waals surface area contributed by atoms with Crippen molar-refractivity contribution in [2.75, 3.05) is 25.3 Å². The number of para-hydroxylation sites is 2. The summed E-state index contributed by atoms with van der Waals surface area (Å²) in [5.74, 6) is 0.158. The Kier molecular flexibility index (Phi) is 5.69. The van der Waals surface area contributed by atoms with Crippen LogP contribution < -0.4 is 22.1 Å². The summed E-state index contributed by atoms with van der Waals surface area (Å²) < 4.78 is 29.3. The van der Waals surface area contributed by atoms with E-state index in [2.05, 4.69) is 20.7 Å². The predicted molar refractivity (Wildman–Crippen MR) is 147 cm³/mol. The van der Waals surface area contributed by atoms with Crippen molar-refractivity contribution in [3.8, 4) is 5.69 Å². The van der Waals surface area contributed by atoms with Gasteiger partial charge in [-0.2, -0.15) is 0 Å². The van der Waals surface area contributed by atoms with Crippen LogP contribution >= 0.6 is 19.8 Å². The van der Waals surface area contributed by atoms with Gasteiger partial charge in [-0.3, -0.25) is 0 Å². The number of alkyl halides is 2. The van der Waals surface area contributed by atoms with Crippen molar-refractivity contribution in [2.45, 2.75) is 20.3 Å². The zero-order chi connectivity index (χ0) is 25.9. The van der Waals surface area contributed by atoms with Gasteiger partial charge in [0.15, 0.2) is 0 Å². The van der Waals surface area contributed by atoms with Gasteiger partial charge in [0, 0.05) is 0 Å². The van der Waals surface area contributed by atoms with Crippen LogP contribution in [0.1, 0.15) is 23.0 Å². The van der Waals surface area contributed by atoms with Crippen molar-refractivity contribution in [1.82, 2.24) is 20.1 Å². The third-order valence-electron chi connectivity index (χ3n) is 6.69. The molecule has 2 unspecified atom stereocenters. The zero-order valence-electron chi connectivity index (χ0n) is 20.0. The second-order valence-electron chi connectivity index (χ2n) is 8.82. The number of nitrogens with one attached hydrogen (secondary N) is 4. The Bertz CT molecular complexity index is 1550.